The normalized spacial score (nSPS) is 21.9. The zero-order chi connectivity index (χ0) is 12.6. The van der Waals surface area contributed by atoms with E-state index in [1.807, 2.05) is 0 Å². The third kappa shape index (κ3) is 2.04. The molecule has 0 atom stereocenters. The number of aryl methyl sites for hydroxylation is 1. The molecule has 0 saturated heterocycles. The highest BCUT2D eigenvalue weighted by Gasteiger charge is 2.35. The number of benzene rings is 1. The molecule has 2 heteroatoms. The molecule has 0 aromatic heterocycles. The van der Waals surface area contributed by atoms with Crippen LogP contribution >= 0.6 is 15.9 Å². The second kappa shape index (κ2) is 4.97. The monoisotopic (exact) mass is 307 g/mol. The smallest absolute Gasteiger partial charge is 0.0181 e. The fraction of sp³-hybridized carbons (Fsp3) is 0.625. The van der Waals surface area contributed by atoms with E-state index in [4.69, 9.17) is 5.73 Å². The van der Waals surface area contributed by atoms with E-state index in [9.17, 15) is 0 Å². The molecule has 2 aliphatic rings. The lowest BCUT2D eigenvalue weighted by Crippen LogP contribution is -2.38. The first-order chi connectivity index (χ1) is 8.75. The zero-order valence-electron chi connectivity index (χ0n) is 11.0. The Hall–Kier alpha value is -0.340. The molecule has 2 aliphatic carbocycles. The molecule has 0 unspecified atom stereocenters. The van der Waals surface area contributed by atoms with Crippen molar-refractivity contribution in [2.45, 2.75) is 56.8 Å². The molecule has 0 aliphatic heterocycles. The van der Waals surface area contributed by atoms with Crippen molar-refractivity contribution < 1.29 is 0 Å². The molecule has 3 rings (SSSR count). The van der Waals surface area contributed by atoms with Crippen molar-refractivity contribution in [2.75, 3.05) is 6.54 Å². The number of hydrogen-bond donors (Lipinski definition) is 1. The Kier molecular flexibility index (Phi) is 3.50. The lowest BCUT2D eigenvalue weighted by atomic mass is 9.68. The van der Waals surface area contributed by atoms with Crippen LogP contribution in [0, 0.1) is 0 Å². The lowest BCUT2D eigenvalue weighted by Gasteiger charge is -2.38. The second-order valence-corrected chi connectivity index (χ2v) is 6.91. The van der Waals surface area contributed by atoms with E-state index in [0.29, 0.717) is 0 Å². The highest BCUT2D eigenvalue weighted by molar-refractivity contribution is 9.10. The van der Waals surface area contributed by atoms with Gasteiger partial charge in [0, 0.05) is 16.4 Å². The van der Waals surface area contributed by atoms with Crippen LogP contribution in [0.25, 0.3) is 0 Å². The zero-order valence-corrected chi connectivity index (χ0v) is 12.6. The Morgan fingerprint density at radius 2 is 1.83 bits per heavy atom. The van der Waals surface area contributed by atoms with Gasteiger partial charge in [-0.1, -0.05) is 35.2 Å². The Morgan fingerprint density at radius 3 is 2.56 bits per heavy atom. The van der Waals surface area contributed by atoms with Gasteiger partial charge in [0.05, 0.1) is 0 Å². The fourth-order valence-electron chi connectivity index (χ4n) is 3.95. The molecular weight excluding hydrogens is 286 g/mol. The molecule has 1 fully saturated rings. The molecule has 1 saturated carbocycles. The van der Waals surface area contributed by atoms with Gasteiger partial charge in [-0.2, -0.15) is 0 Å². The SMILES string of the molecule is NCC1(c2cc(Br)cc3c2CCC3)CCCCC1. The fourth-order valence-corrected chi connectivity index (χ4v) is 4.46. The third-order valence-corrected chi connectivity index (χ3v) is 5.41. The van der Waals surface area contributed by atoms with Crippen LogP contribution in [0.5, 0.6) is 0 Å². The van der Waals surface area contributed by atoms with Gasteiger partial charge >= 0.3 is 0 Å². The van der Waals surface area contributed by atoms with E-state index >= 15 is 0 Å². The minimum Gasteiger partial charge on any atom is -0.330 e. The standard InChI is InChI=1S/C16H22BrN/c17-13-9-12-5-4-6-14(12)15(10-13)16(11-18)7-2-1-3-8-16/h9-10H,1-8,11,18H2. The summed E-state index contributed by atoms with van der Waals surface area (Å²) >= 11 is 3.69. The van der Waals surface area contributed by atoms with Gasteiger partial charge in [0.1, 0.15) is 0 Å². The maximum Gasteiger partial charge on any atom is 0.0181 e. The molecule has 0 heterocycles. The van der Waals surface area contributed by atoms with E-state index in [1.165, 1.54) is 55.8 Å². The highest BCUT2D eigenvalue weighted by Crippen LogP contribution is 2.43. The summed E-state index contributed by atoms with van der Waals surface area (Å²) in [5.74, 6) is 0. The second-order valence-electron chi connectivity index (χ2n) is 5.99. The first kappa shape index (κ1) is 12.7. The molecular formula is C16H22BrN. The van der Waals surface area contributed by atoms with Gasteiger partial charge < -0.3 is 5.73 Å². The number of nitrogens with two attached hydrogens (primary N) is 1. The van der Waals surface area contributed by atoms with Gasteiger partial charge in [0.2, 0.25) is 0 Å². The molecule has 1 aromatic rings. The van der Waals surface area contributed by atoms with Gasteiger partial charge in [-0.25, -0.2) is 0 Å². The molecule has 2 N–H and O–H groups in total. The van der Waals surface area contributed by atoms with E-state index in [1.54, 1.807) is 16.7 Å². The molecule has 0 bridgehead atoms. The van der Waals surface area contributed by atoms with Crippen LogP contribution in [0.2, 0.25) is 0 Å². The van der Waals surface area contributed by atoms with Gasteiger partial charge in [0.15, 0.2) is 0 Å². The minimum absolute atomic E-state index is 0.274. The average molecular weight is 308 g/mol. The Morgan fingerprint density at radius 1 is 1.06 bits per heavy atom. The van der Waals surface area contributed by atoms with E-state index in [-0.39, 0.29) is 5.41 Å². The van der Waals surface area contributed by atoms with Crippen molar-refractivity contribution in [3.63, 3.8) is 0 Å². The molecule has 0 spiro atoms. The molecule has 1 aromatic carbocycles. The number of halogens is 1. The first-order valence-corrected chi connectivity index (χ1v) is 8.06. The quantitative estimate of drug-likeness (QED) is 0.874. The van der Waals surface area contributed by atoms with Crippen molar-refractivity contribution in [2.24, 2.45) is 5.73 Å². The molecule has 98 valence electrons. The topological polar surface area (TPSA) is 26.0 Å². The van der Waals surface area contributed by atoms with Crippen LogP contribution in [0.4, 0.5) is 0 Å². The summed E-state index contributed by atoms with van der Waals surface area (Å²) in [7, 11) is 0. The molecule has 0 amide bonds. The summed E-state index contributed by atoms with van der Waals surface area (Å²) in [6.45, 7) is 0.815. The van der Waals surface area contributed by atoms with Crippen molar-refractivity contribution >= 4 is 15.9 Å². The summed E-state index contributed by atoms with van der Waals surface area (Å²) < 4.78 is 1.25. The highest BCUT2D eigenvalue weighted by atomic mass is 79.9. The summed E-state index contributed by atoms with van der Waals surface area (Å²) in [5.41, 5.74) is 11.2. The van der Waals surface area contributed by atoms with E-state index in [0.717, 1.165) is 6.54 Å². The first-order valence-electron chi connectivity index (χ1n) is 7.27. The number of rotatable bonds is 2. The van der Waals surface area contributed by atoms with Gasteiger partial charge in [-0.15, -0.1) is 0 Å². The van der Waals surface area contributed by atoms with E-state index in [2.05, 4.69) is 28.1 Å². The van der Waals surface area contributed by atoms with Gasteiger partial charge in [-0.05, 0) is 60.9 Å². The number of hydrogen-bond acceptors (Lipinski definition) is 1. The summed E-state index contributed by atoms with van der Waals surface area (Å²) in [6.07, 6.45) is 10.5. The van der Waals surface area contributed by atoms with Crippen LogP contribution < -0.4 is 5.73 Å². The predicted molar refractivity (Wildman–Crippen MR) is 80.0 cm³/mol. The van der Waals surface area contributed by atoms with Gasteiger partial charge in [-0.3, -0.25) is 0 Å². The molecule has 18 heavy (non-hydrogen) atoms. The minimum atomic E-state index is 0.274. The largest absolute Gasteiger partial charge is 0.330 e. The van der Waals surface area contributed by atoms with E-state index < -0.39 is 0 Å². The maximum absolute atomic E-state index is 6.20. The van der Waals surface area contributed by atoms with Crippen LogP contribution in [-0.2, 0) is 18.3 Å². The molecule has 0 radical (unpaired) electrons. The van der Waals surface area contributed by atoms with Crippen molar-refractivity contribution in [3.8, 4) is 0 Å². The summed E-state index contributed by atoms with van der Waals surface area (Å²) in [5, 5.41) is 0. The van der Waals surface area contributed by atoms with Crippen LogP contribution in [-0.4, -0.2) is 6.54 Å². The summed E-state index contributed by atoms with van der Waals surface area (Å²) in [6, 6.07) is 4.68. The van der Waals surface area contributed by atoms with Crippen LogP contribution in [0.3, 0.4) is 0 Å². The van der Waals surface area contributed by atoms with Crippen LogP contribution in [0.15, 0.2) is 16.6 Å². The summed E-state index contributed by atoms with van der Waals surface area (Å²) in [4.78, 5) is 0. The van der Waals surface area contributed by atoms with Crippen molar-refractivity contribution in [1.29, 1.82) is 0 Å². The lowest BCUT2D eigenvalue weighted by molar-refractivity contribution is 0.299. The third-order valence-electron chi connectivity index (χ3n) is 4.95. The maximum atomic E-state index is 6.20. The predicted octanol–water partition coefficient (Wildman–Crippen LogP) is 4.10. The molecule has 1 nitrogen and oxygen atoms in total. The average Bonchev–Trinajstić information content (AvgIpc) is 2.86. The van der Waals surface area contributed by atoms with Crippen molar-refractivity contribution in [3.05, 3.63) is 33.3 Å². The van der Waals surface area contributed by atoms with Crippen molar-refractivity contribution in [1.82, 2.24) is 0 Å². The van der Waals surface area contributed by atoms with Crippen LogP contribution in [0.1, 0.15) is 55.2 Å². The Balaban J connectivity index is 2.09. The Bertz CT molecular complexity index is 447. The van der Waals surface area contributed by atoms with Gasteiger partial charge in [0.25, 0.3) is 0 Å². The number of fused-ring (bicyclic) bond motifs is 1. The Labute approximate surface area is 118 Å².